The highest BCUT2D eigenvalue weighted by molar-refractivity contribution is 6.06. The van der Waals surface area contributed by atoms with Crippen molar-refractivity contribution in [1.82, 2.24) is 9.88 Å². The molecule has 0 saturated heterocycles. The average Bonchev–Trinajstić information content (AvgIpc) is 2.85. The molecule has 0 spiro atoms. The molecule has 2 rings (SSSR count). The molecule has 19 heavy (non-hydrogen) atoms. The summed E-state index contributed by atoms with van der Waals surface area (Å²) in [4.78, 5) is 27.4. The largest absolute Gasteiger partial charge is 0.481 e. The van der Waals surface area contributed by atoms with Crippen LogP contribution in [0.2, 0.25) is 0 Å². The van der Waals surface area contributed by atoms with Crippen molar-refractivity contribution in [3.05, 3.63) is 36.0 Å². The van der Waals surface area contributed by atoms with Crippen LogP contribution in [-0.4, -0.2) is 40.5 Å². The van der Waals surface area contributed by atoms with E-state index < -0.39 is 5.97 Å². The van der Waals surface area contributed by atoms with Crippen molar-refractivity contribution >= 4 is 22.8 Å². The lowest BCUT2D eigenvalue weighted by atomic mass is 10.1. The number of aromatic amines is 1. The Morgan fingerprint density at radius 3 is 2.84 bits per heavy atom. The van der Waals surface area contributed by atoms with E-state index in [4.69, 9.17) is 5.11 Å². The topological polar surface area (TPSA) is 73.4 Å². The molecule has 0 saturated carbocycles. The Labute approximate surface area is 110 Å². The van der Waals surface area contributed by atoms with Crippen molar-refractivity contribution in [1.29, 1.82) is 0 Å². The van der Waals surface area contributed by atoms with Crippen LogP contribution in [0.15, 0.2) is 30.5 Å². The second kappa shape index (κ2) is 5.56. The summed E-state index contributed by atoms with van der Waals surface area (Å²) in [6.07, 6.45) is 2.33. The molecule has 0 atom stereocenters. The molecular weight excluding hydrogens is 244 g/mol. The number of nitrogens with one attached hydrogen (secondary N) is 1. The van der Waals surface area contributed by atoms with Gasteiger partial charge in [-0.3, -0.25) is 9.59 Å². The first kappa shape index (κ1) is 13.1. The number of hydrogen-bond donors (Lipinski definition) is 2. The maximum Gasteiger partial charge on any atom is 0.303 e. The van der Waals surface area contributed by atoms with E-state index in [1.807, 2.05) is 18.2 Å². The number of aliphatic carboxylic acids is 1. The number of aromatic nitrogens is 1. The molecule has 0 aliphatic heterocycles. The summed E-state index contributed by atoms with van der Waals surface area (Å²) in [6, 6.07) is 7.40. The maximum absolute atomic E-state index is 12.3. The average molecular weight is 260 g/mol. The molecule has 5 nitrogen and oxygen atoms in total. The minimum atomic E-state index is -0.839. The van der Waals surface area contributed by atoms with E-state index >= 15 is 0 Å². The van der Waals surface area contributed by atoms with Gasteiger partial charge in [0.05, 0.1) is 0 Å². The molecule has 0 unspecified atom stereocenters. The number of benzene rings is 1. The van der Waals surface area contributed by atoms with Crippen LogP contribution in [0.3, 0.4) is 0 Å². The fourth-order valence-electron chi connectivity index (χ4n) is 2.05. The first-order valence-corrected chi connectivity index (χ1v) is 6.13. The van der Waals surface area contributed by atoms with Gasteiger partial charge in [0, 0.05) is 42.7 Å². The van der Waals surface area contributed by atoms with E-state index in [1.165, 1.54) is 0 Å². The Kier molecular flexibility index (Phi) is 3.85. The zero-order chi connectivity index (χ0) is 13.8. The monoisotopic (exact) mass is 260 g/mol. The van der Waals surface area contributed by atoms with Gasteiger partial charge in [-0.05, 0) is 24.6 Å². The molecule has 5 heteroatoms. The van der Waals surface area contributed by atoms with Gasteiger partial charge in [0.15, 0.2) is 0 Å². The highest BCUT2D eigenvalue weighted by Crippen LogP contribution is 2.18. The van der Waals surface area contributed by atoms with Gasteiger partial charge in [0.2, 0.25) is 0 Å². The summed E-state index contributed by atoms with van der Waals surface area (Å²) in [5, 5.41) is 9.47. The molecule has 0 bridgehead atoms. The van der Waals surface area contributed by atoms with Crippen molar-refractivity contribution < 1.29 is 14.7 Å². The Hall–Kier alpha value is -2.30. The molecule has 0 fully saturated rings. The van der Waals surface area contributed by atoms with Crippen LogP contribution in [0, 0.1) is 0 Å². The second-order valence-corrected chi connectivity index (χ2v) is 4.47. The molecule has 1 aromatic heterocycles. The number of carboxylic acid groups (broad SMARTS) is 1. The quantitative estimate of drug-likeness (QED) is 0.864. The smallest absolute Gasteiger partial charge is 0.303 e. The van der Waals surface area contributed by atoms with E-state index in [0.29, 0.717) is 18.5 Å². The van der Waals surface area contributed by atoms with Gasteiger partial charge in [0.1, 0.15) is 0 Å². The van der Waals surface area contributed by atoms with E-state index in [2.05, 4.69) is 4.98 Å². The van der Waals surface area contributed by atoms with Gasteiger partial charge in [-0.1, -0.05) is 6.07 Å². The van der Waals surface area contributed by atoms with E-state index in [1.54, 1.807) is 24.2 Å². The van der Waals surface area contributed by atoms with E-state index in [-0.39, 0.29) is 12.3 Å². The van der Waals surface area contributed by atoms with Gasteiger partial charge in [-0.15, -0.1) is 0 Å². The maximum atomic E-state index is 12.3. The van der Waals surface area contributed by atoms with Crippen LogP contribution in [0.5, 0.6) is 0 Å². The minimum Gasteiger partial charge on any atom is -0.481 e. The van der Waals surface area contributed by atoms with Gasteiger partial charge in [-0.2, -0.15) is 0 Å². The number of carbonyl (C=O) groups excluding carboxylic acids is 1. The van der Waals surface area contributed by atoms with Crippen molar-refractivity contribution in [2.24, 2.45) is 0 Å². The molecule has 0 aliphatic carbocycles. The number of amides is 1. The highest BCUT2D eigenvalue weighted by atomic mass is 16.4. The number of carboxylic acids is 1. The molecule has 0 aliphatic rings. The normalized spacial score (nSPS) is 10.6. The van der Waals surface area contributed by atoms with Crippen LogP contribution >= 0.6 is 0 Å². The third kappa shape index (κ3) is 2.93. The molecule has 2 N–H and O–H groups in total. The van der Waals surface area contributed by atoms with Crippen LogP contribution in [0.1, 0.15) is 23.2 Å². The number of carbonyl (C=O) groups is 2. The van der Waals surface area contributed by atoms with Gasteiger partial charge in [0.25, 0.3) is 5.91 Å². The predicted octanol–water partition coefficient (Wildman–Crippen LogP) is 2.10. The number of hydrogen-bond acceptors (Lipinski definition) is 2. The van der Waals surface area contributed by atoms with Gasteiger partial charge >= 0.3 is 5.97 Å². The highest BCUT2D eigenvalue weighted by Gasteiger charge is 2.14. The lowest BCUT2D eigenvalue weighted by Crippen LogP contribution is -2.28. The summed E-state index contributed by atoms with van der Waals surface area (Å²) in [5.74, 6) is -0.927. The van der Waals surface area contributed by atoms with Crippen LogP contribution in [0.25, 0.3) is 10.9 Å². The van der Waals surface area contributed by atoms with Gasteiger partial charge < -0.3 is 15.0 Å². The fourth-order valence-corrected chi connectivity index (χ4v) is 2.05. The summed E-state index contributed by atoms with van der Waals surface area (Å²) >= 11 is 0. The molecule has 1 heterocycles. The lowest BCUT2D eigenvalue weighted by Gasteiger charge is -2.17. The summed E-state index contributed by atoms with van der Waals surface area (Å²) in [6.45, 7) is 0.436. The third-order valence-electron chi connectivity index (χ3n) is 3.06. The van der Waals surface area contributed by atoms with Crippen molar-refractivity contribution in [3.8, 4) is 0 Å². The van der Waals surface area contributed by atoms with Crippen LogP contribution in [0.4, 0.5) is 0 Å². The first-order chi connectivity index (χ1) is 9.09. The van der Waals surface area contributed by atoms with Crippen LogP contribution in [-0.2, 0) is 4.79 Å². The Morgan fingerprint density at radius 1 is 1.32 bits per heavy atom. The fraction of sp³-hybridized carbons (Fsp3) is 0.286. The van der Waals surface area contributed by atoms with E-state index in [9.17, 15) is 9.59 Å². The number of fused-ring (bicyclic) bond motifs is 1. The predicted molar refractivity (Wildman–Crippen MR) is 72.1 cm³/mol. The number of nitrogens with zero attached hydrogens (tertiary/aromatic N) is 1. The zero-order valence-electron chi connectivity index (χ0n) is 10.7. The number of rotatable bonds is 5. The third-order valence-corrected chi connectivity index (χ3v) is 3.06. The minimum absolute atomic E-state index is 0.0754. The second-order valence-electron chi connectivity index (χ2n) is 4.47. The molecule has 0 radical (unpaired) electrons. The SMILES string of the molecule is CN(CCCC(=O)O)C(=O)c1cccc2[nH]ccc12. The summed E-state index contributed by atoms with van der Waals surface area (Å²) in [7, 11) is 1.69. The lowest BCUT2D eigenvalue weighted by molar-refractivity contribution is -0.137. The number of H-pyrrole nitrogens is 1. The Morgan fingerprint density at radius 2 is 2.11 bits per heavy atom. The van der Waals surface area contributed by atoms with Crippen LogP contribution < -0.4 is 0 Å². The van der Waals surface area contributed by atoms with Crippen molar-refractivity contribution in [3.63, 3.8) is 0 Å². The standard InChI is InChI=1S/C14H16N2O3/c1-16(9-3-6-13(17)18)14(19)11-4-2-5-12-10(11)7-8-15-12/h2,4-5,7-8,15H,3,6,9H2,1H3,(H,17,18). The Balaban J connectivity index is 2.10. The van der Waals surface area contributed by atoms with Crippen molar-refractivity contribution in [2.75, 3.05) is 13.6 Å². The zero-order valence-corrected chi connectivity index (χ0v) is 10.7. The summed E-state index contributed by atoms with van der Waals surface area (Å²) in [5.41, 5.74) is 1.56. The Bertz CT molecular complexity index is 604. The summed E-state index contributed by atoms with van der Waals surface area (Å²) < 4.78 is 0. The first-order valence-electron chi connectivity index (χ1n) is 6.13. The molecule has 2 aromatic rings. The van der Waals surface area contributed by atoms with Gasteiger partial charge in [-0.25, -0.2) is 0 Å². The van der Waals surface area contributed by atoms with E-state index in [0.717, 1.165) is 10.9 Å². The molecule has 1 aromatic carbocycles. The molecule has 100 valence electrons. The molecular formula is C14H16N2O3. The molecule has 1 amide bonds. The van der Waals surface area contributed by atoms with Crippen molar-refractivity contribution in [2.45, 2.75) is 12.8 Å².